The maximum Gasteiger partial charge on any atom is 0.408 e. The summed E-state index contributed by atoms with van der Waals surface area (Å²) in [5.74, 6) is -3.76. The summed E-state index contributed by atoms with van der Waals surface area (Å²) in [5.41, 5.74) is 3.87. The van der Waals surface area contributed by atoms with Crippen LogP contribution in [0.2, 0.25) is 0 Å². The molecule has 0 aromatic heterocycles. The highest BCUT2D eigenvalue weighted by atomic mass is 32.2. The lowest BCUT2D eigenvalue weighted by Gasteiger charge is -2.32. The fraction of sp³-hybridized carbons (Fsp3) is 0.318. The van der Waals surface area contributed by atoms with Gasteiger partial charge in [0.1, 0.15) is 18.4 Å². The summed E-state index contributed by atoms with van der Waals surface area (Å²) in [6, 6.07) is 4.75. The van der Waals surface area contributed by atoms with Crippen molar-refractivity contribution in [2.24, 2.45) is 0 Å². The molecular weight excluding hydrogens is 508 g/mol. The van der Waals surface area contributed by atoms with Crippen LogP contribution in [0.15, 0.2) is 47.4 Å². The lowest BCUT2D eigenvalue weighted by atomic mass is 9.92. The number of carbonyl (C=O) groups excluding carboxylic acids is 3. The zero-order valence-corrected chi connectivity index (χ0v) is 19.5. The van der Waals surface area contributed by atoms with Gasteiger partial charge in [0.15, 0.2) is 15.4 Å². The molecule has 4 rings (SSSR count). The number of halogens is 4. The molecule has 1 spiro atoms. The predicted octanol–water partition coefficient (Wildman–Crippen LogP) is 1.92. The Kier molecular flexibility index (Phi) is 5.98. The molecule has 2 aliphatic rings. The van der Waals surface area contributed by atoms with Crippen molar-refractivity contribution in [1.29, 1.82) is 0 Å². The lowest BCUT2D eigenvalue weighted by molar-refractivity contribution is -0.187. The maximum atomic E-state index is 13.5. The number of hydrogen-bond acceptors (Lipinski definition) is 6. The van der Waals surface area contributed by atoms with Gasteiger partial charge in [0.25, 0.3) is 5.91 Å². The van der Waals surface area contributed by atoms with Crippen LogP contribution in [0.1, 0.15) is 18.1 Å². The zero-order chi connectivity index (χ0) is 26.6. The molecule has 0 bridgehead atoms. The Morgan fingerprint density at radius 1 is 1.19 bits per heavy atom. The van der Waals surface area contributed by atoms with Gasteiger partial charge in [-0.05, 0) is 36.8 Å². The van der Waals surface area contributed by atoms with Crippen molar-refractivity contribution in [3.05, 3.63) is 59.4 Å². The number of nitrogen functional groups attached to an aromatic ring is 1. The molecular formula is C22H20F4N4O5S. The van der Waals surface area contributed by atoms with Crippen molar-refractivity contribution in [3.8, 4) is 0 Å². The zero-order valence-electron chi connectivity index (χ0n) is 18.7. The third-order valence-corrected chi connectivity index (χ3v) is 8.02. The first kappa shape index (κ1) is 25.4. The van der Waals surface area contributed by atoms with Crippen LogP contribution in [0.3, 0.4) is 0 Å². The topological polar surface area (TPSA) is 130 Å². The van der Waals surface area contributed by atoms with E-state index in [0.717, 1.165) is 25.1 Å². The number of carbonyl (C=O) groups is 3. The number of amides is 4. The minimum Gasteiger partial charge on any atom is -0.399 e. The molecule has 36 heavy (non-hydrogen) atoms. The fourth-order valence-corrected chi connectivity index (χ4v) is 6.24. The first-order chi connectivity index (χ1) is 16.7. The van der Waals surface area contributed by atoms with E-state index in [1.54, 1.807) is 0 Å². The van der Waals surface area contributed by atoms with Crippen LogP contribution in [0, 0.1) is 5.82 Å². The van der Waals surface area contributed by atoms with Crippen LogP contribution in [0.25, 0.3) is 0 Å². The number of sulfone groups is 1. The van der Waals surface area contributed by atoms with Crippen molar-refractivity contribution >= 4 is 33.4 Å². The van der Waals surface area contributed by atoms with Gasteiger partial charge in [-0.1, -0.05) is 18.2 Å². The molecule has 2 heterocycles. The van der Waals surface area contributed by atoms with Crippen LogP contribution in [-0.2, 0) is 31.5 Å². The van der Waals surface area contributed by atoms with Crippen molar-refractivity contribution in [2.45, 2.75) is 36.1 Å². The average Bonchev–Trinajstić information content (AvgIpc) is 3.15. The quantitative estimate of drug-likeness (QED) is 0.347. The van der Waals surface area contributed by atoms with Crippen LogP contribution < -0.4 is 11.1 Å². The summed E-state index contributed by atoms with van der Waals surface area (Å²) in [7, 11) is -4.04. The molecule has 1 fully saturated rings. The Morgan fingerprint density at radius 3 is 2.44 bits per heavy atom. The summed E-state index contributed by atoms with van der Waals surface area (Å²) in [5, 5.41) is 2.30. The number of benzene rings is 2. The summed E-state index contributed by atoms with van der Waals surface area (Å²) in [6.45, 7) is -0.914. The summed E-state index contributed by atoms with van der Waals surface area (Å²) in [6.07, 6.45) is -4.84. The highest BCUT2D eigenvalue weighted by molar-refractivity contribution is 7.92. The number of hydrogen-bond donors (Lipinski definition) is 2. The summed E-state index contributed by atoms with van der Waals surface area (Å²) >= 11 is 0. The highest BCUT2D eigenvalue weighted by Gasteiger charge is 2.60. The van der Waals surface area contributed by atoms with Crippen molar-refractivity contribution in [2.75, 3.05) is 18.0 Å². The molecule has 192 valence electrons. The van der Waals surface area contributed by atoms with Gasteiger partial charge in [0.2, 0.25) is 5.91 Å². The van der Waals surface area contributed by atoms with Gasteiger partial charge in [-0.25, -0.2) is 17.6 Å². The monoisotopic (exact) mass is 528 g/mol. The van der Waals surface area contributed by atoms with E-state index in [9.17, 15) is 40.4 Å². The molecule has 0 saturated carbocycles. The normalized spacial score (nSPS) is 21.4. The Hall–Kier alpha value is -3.68. The molecule has 2 aromatic rings. The largest absolute Gasteiger partial charge is 0.408 e. The molecule has 14 heteroatoms. The number of rotatable bonds is 5. The van der Waals surface area contributed by atoms with Crippen LogP contribution >= 0.6 is 0 Å². The molecule has 4 amide bonds. The van der Waals surface area contributed by atoms with Crippen LogP contribution in [0.5, 0.6) is 0 Å². The van der Waals surface area contributed by atoms with Crippen molar-refractivity contribution in [1.82, 2.24) is 15.1 Å². The number of nitrogens with zero attached hydrogens (tertiary/aromatic N) is 2. The molecule has 0 unspecified atom stereocenters. The number of urea groups is 1. The minimum atomic E-state index is -4.84. The van der Waals surface area contributed by atoms with E-state index in [-0.39, 0.29) is 21.7 Å². The predicted molar refractivity (Wildman–Crippen MR) is 117 cm³/mol. The Bertz CT molecular complexity index is 1360. The average molecular weight is 528 g/mol. The van der Waals surface area contributed by atoms with E-state index >= 15 is 0 Å². The van der Waals surface area contributed by atoms with E-state index in [1.165, 1.54) is 24.3 Å². The molecule has 0 radical (unpaired) electrons. The van der Waals surface area contributed by atoms with Gasteiger partial charge < -0.3 is 16.0 Å². The Balaban J connectivity index is 1.64. The van der Waals surface area contributed by atoms with E-state index in [4.69, 9.17) is 5.73 Å². The van der Waals surface area contributed by atoms with Crippen LogP contribution in [-0.4, -0.2) is 60.6 Å². The number of anilines is 1. The molecule has 2 atom stereocenters. The third kappa shape index (κ3) is 4.25. The molecule has 3 N–H and O–H groups in total. The fourth-order valence-electron chi connectivity index (χ4n) is 4.27. The van der Waals surface area contributed by atoms with E-state index in [2.05, 4.69) is 5.32 Å². The third-order valence-electron chi connectivity index (χ3n) is 6.20. The minimum absolute atomic E-state index is 0.0446. The maximum absolute atomic E-state index is 13.5. The lowest BCUT2D eigenvalue weighted by Crippen LogP contribution is -2.51. The second kappa shape index (κ2) is 8.47. The first-order valence-corrected chi connectivity index (χ1v) is 12.2. The second-order valence-corrected chi connectivity index (χ2v) is 10.6. The first-order valence-electron chi connectivity index (χ1n) is 10.5. The molecule has 1 saturated heterocycles. The molecule has 9 nitrogen and oxygen atoms in total. The summed E-state index contributed by atoms with van der Waals surface area (Å²) < 4.78 is 79.2. The standard InChI is InChI=1S/C22H20F4N4O5S/c1-12(22(24,25)26)29(9-13-2-4-14(23)5-3-13)18(31)10-30-19(32)21(28-20(30)33)11-36(34,35)17-8-15(27)6-7-16(17)21/h2-8,12H,9-11,27H2,1H3,(H,28,33)/t12-,21+/m0/s1. The number of fused-ring (bicyclic) bond motifs is 2. The van der Waals surface area contributed by atoms with Crippen LogP contribution in [0.4, 0.5) is 28.0 Å². The second-order valence-electron chi connectivity index (χ2n) is 8.61. The van der Waals surface area contributed by atoms with Gasteiger partial charge in [0.05, 0.1) is 10.6 Å². The smallest absolute Gasteiger partial charge is 0.399 e. The van der Waals surface area contributed by atoms with E-state index in [1.807, 2.05) is 0 Å². The van der Waals surface area contributed by atoms with Gasteiger partial charge in [-0.3, -0.25) is 14.5 Å². The molecule has 0 aliphatic carbocycles. The Labute approximate surface area is 202 Å². The number of imide groups is 1. The van der Waals surface area contributed by atoms with Crippen molar-refractivity contribution < 1.29 is 40.4 Å². The highest BCUT2D eigenvalue weighted by Crippen LogP contribution is 2.43. The molecule has 2 aromatic carbocycles. The molecule has 2 aliphatic heterocycles. The SMILES string of the molecule is C[C@H](N(Cc1ccc(F)cc1)C(=O)CN1C(=O)N[C@@]2(CS(=O)(=O)c3cc(N)ccc32)C1=O)C(F)(F)F. The Morgan fingerprint density at radius 2 is 1.83 bits per heavy atom. The van der Waals surface area contributed by atoms with E-state index < -0.39 is 70.1 Å². The van der Waals surface area contributed by atoms with Gasteiger partial charge in [-0.2, -0.15) is 13.2 Å². The van der Waals surface area contributed by atoms with Crippen molar-refractivity contribution in [3.63, 3.8) is 0 Å². The van der Waals surface area contributed by atoms with Gasteiger partial charge >= 0.3 is 12.2 Å². The van der Waals surface area contributed by atoms with E-state index in [0.29, 0.717) is 9.80 Å². The summed E-state index contributed by atoms with van der Waals surface area (Å²) in [4.78, 5) is 39.6. The number of nitrogens with two attached hydrogens (primary N) is 1. The van der Waals surface area contributed by atoms with Gasteiger partial charge in [-0.15, -0.1) is 0 Å². The number of alkyl halides is 3. The number of nitrogens with one attached hydrogen (secondary N) is 1. The van der Waals surface area contributed by atoms with Gasteiger partial charge in [0, 0.05) is 17.8 Å².